The monoisotopic (exact) mass is 368 g/mol. The molecule has 0 amide bonds. The summed E-state index contributed by atoms with van der Waals surface area (Å²) in [5, 5.41) is 22.5. The van der Waals surface area contributed by atoms with Crippen molar-refractivity contribution in [2.45, 2.75) is 26.2 Å². The molecule has 0 atom stereocenters. The average molecular weight is 368 g/mol. The van der Waals surface area contributed by atoms with Gasteiger partial charge >= 0.3 is 0 Å². The number of phenolic OH excluding ortho intramolecular Hbond substituents is 2. The molecule has 0 spiro atoms. The highest BCUT2D eigenvalue weighted by atomic mass is 16.3. The van der Waals surface area contributed by atoms with E-state index in [4.69, 9.17) is 0 Å². The maximum Gasteiger partial charge on any atom is 0.118 e. The maximum absolute atomic E-state index is 10.0. The molecule has 0 aliphatic rings. The fourth-order valence-corrected chi connectivity index (χ4v) is 3.93. The second-order valence-corrected chi connectivity index (χ2v) is 7.69. The molecule has 0 saturated carbocycles. The summed E-state index contributed by atoms with van der Waals surface area (Å²) in [6, 6.07) is 26.5. The summed E-state index contributed by atoms with van der Waals surface area (Å²) in [4.78, 5) is 0. The number of benzene rings is 4. The molecule has 2 nitrogen and oxygen atoms in total. The van der Waals surface area contributed by atoms with Gasteiger partial charge < -0.3 is 10.2 Å². The van der Waals surface area contributed by atoms with E-state index in [-0.39, 0.29) is 0 Å². The quantitative estimate of drug-likeness (QED) is 0.421. The third-order valence-electron chi connectivity index (χ3n) is 5.88. The molecular weight excluding hydrogens is 344 g/mol. The van der Waals surface area contributed by atoms with Gasteiger partial charge in [0, 0.05) is 5.41 Å². The lowest BCUT2D eigenvalue weighted by Crippen LogP contribution is -2.25. The lowest BCUT2D eigenvalue weighted by atomic mass is 9.70. The van der Waals surface area contributed by atoms with Crippen LogP contribution in [0, 0.1) is 13.8 Å². The van der Waals surface area contributed by atoms with Crippen LogP contribution in [-0.4, -0.2) is 10.2 Å². The normalized spacial score (nSPS) is 11.7. The molecule has 140 valence electrons. The van der Waals surface area contributed by atoms with Gasteiger partial charge in [-0.05, 0) is 77.6 Å². The van der Waals surface area contributed by atoms with Crippen molar-refractivity contribution >= 4 is 10.8 Å². The fraction of sp³-hybridized carbons (Fsp3) is 0.154. The summed E-state index contributed by atoms with van der Waals surface area (Å²) in [7, 11) is 0. The van der Waals surface area contributed by atoms with E-state index in [1.54, 1.807) is 12.1 Å². The minimum absolute atomic E-state index is 0.298. The molecular formula is C26H24O2. The Bertz CT molecular complexity index is 1120. The topological polar surface area (TPSA) is 40.5 Å². The zero-order chi connectivity index (χ0) is 19.9. The Kier molecular flexibility index (Phi) is 4.35. The van der Waals surface area contributed by atoms with Crippen LogP contribution >= 0.6 is 0 Å². The Labute approximate surface area is 165 Å². The van der Waals surface area contributed by atoms with Crippen LogP contribution < -0.4 is 0 Å². The summed E-state index contributed by atoms with van der Waals surface area (Å²) < 4.78 is 0. The average Bonchev–Trinajstić information content (AvgIpc) is 2.71. The van der Waals surface area contributed by atoms with Crippen molar-refractivity contribution in [3.63, 3.8) is 0 Å². The first kappa shape index (κ1) is 18.1. The molecule has 2 heteroatoms. The third kappa shape index (κ3) is 2.91. The number of hydrogen-bond donors (Lipinski definition) is 2. The Hall–Kier alpha value is -3.26. The van der Waals surface area contributed by atoms with E-state index in [0.717, 1.165) is 22.3 Å². The lowest BCUT2D eigenvalue weighted by molar-refractivity contribution is 0.470. The van der Waals surface area contributed by atoms with Crippen LogP contribution in [0.1, 0.15) is 34.7 Å². The van der Waals surface area contributed by atoms with E-state index in [1.807, 2.05) is 44.2 Å². The van der Waals surface area contributed by atoms with Crippen LogP contribution in [0.5, 0.6) is 11.5 Å². The molecule has 0 heterocycles. The minimum atomic E-state index is -0.430. The fourth-order valence-electron chi connectivity index (χ4n) is 3.93. The van der Waals surface area contributed by atoms with Crippen molar-refractivity contribution in [3.8, 4) is 11.5 Å². The molecule has 0 saturated heterocycles. The van der Waals surface area contributed by atoms with Gasteiger partial charge in [-0.1, -0.05) is 60.7 Å². The molecule has 28 heavy (non-hydrogen) atoms. The van der Waals surface area contributed by atoms with E-state index in [0.29, 0.717) is 11.5 Å². The number of rotatable bonds is 3. The SMILES string of the molecule is Cc1cc(C(C)(c2ccc(O)c(C)c2)c2ccc3ccccc3c2)ccc1O. The maximum atomic E-state index is 10.0. The van der Waals surface area contributed by atoms with Gasteiger partial charge in [0.25, 0.3) is 0 Å². The zero-order valence-electron chi connectivity index (χ0n) is 16.4. The zero-order valence-corrected chi connectivity index (χ0v) is 16.4. The molecule has 4 rings (SSSR count). The predicted octanol–water partition coefficient (Wildman–Crippen LogP) is 6.22. The van der Waals surface area contributed by atoms with Crippen molar-refractivity contribution in [1.82, 2.24) is 0 Å². The number of aryl methyl sites for hydroxylation is 2. The van der Waals surface area contributed by atoms with Crippen LogP contribution in [0.25, 0.3) is 10.8 Å². The highest BCUT2D eigenvalue weighted by Gasteiger charge is 2.32. The van der Waals surface area contributed by atoms with Gasteiger partial charge in [-0.3, -0.25) is 0 Å². The summed E-state index contributed by atoms with van der Waals surface area (Å²) >= 11 is 0. The van der Waals surface area contributed by atoms with E-state index < -0.39 is 5.41 Å². The first-order valence-electron chi connectivity index (χ1n) is 9.49. The van der Waals surface area contributed by atoms with Crippen LogP contribution in [0.3, 0.4) is 0 Å². The summed E-state index contributed by atoms with van der Waals surface area (Å²) in [5.41, 5.74) is 4.63. The van der Waals surface area contributed by atoms with E-state index in [2.05, 4.69) is 43.3 Å². The van der Waals surface area contributed by atoms with Gasteiger partial charge in [0.2, 0.25) is 0 Å². The number of aromatic hydroxyl groups is 2. The van der Waals surface area contributed by atoms with Crippen molar-refractivity contribution < 1.29 is 10.2 Å². The Morgan fingerprint density at radius 1 is 0.571 bits per heavy atom. The Morgan fingerprint density at radius 3 is 1.57 bits per heavy atom. The van der Waals surface area contributed by atoms with Crippen molar-refractivity contribution in [2.24, 2.45) is 0 Å². The van der Waals surface area contributed by atoms with Gasteiger partial charge in [-0.25, -0.2) is 0 Å². The second kappa shape index (κ2) is 6.72. The first-order valence-corrected chi connectivity index (χ1v) is 9.49. The smallest absolute Gasteiger partial charge is 0.118 e. The molecule has 0 aliphatic heterocycles. The second-order valence-electron chi connectivity index (χ2n) is 7.69. The highest BCUT2D eigenvalue weighted by molar-refractivity contribution is 5.83. The third-order valence-corrected chi connectivity index (χ3v) is 5.88. The standard InChI is InChI=1S/C26H24O2/c1-17-14-21(10-12-24(17)27)26(3,22-11-13-25(28)18(2)15-22)23-9-8-19-6-4-5-7-20(19)16-23/h4-16,27-28H,1-3H3. The van der Waals surface area contributed by atoms with Gasteiger partial charge in [-0.15, -0.1) is 0 Å². The predicted molar refractivity (Wildman–Crippen MR) is 115 cm³/mol. The largest absolute Gasteiger partial charge is 0.508 e. The summed E-state index contributed by atoms with van der Waals surface area (Å²) in [5.74, 6) is 0.595. The van der Waals surface area contributed by atoms with Crippen LogP contribution in [0.15, 0.2) is 78.9 Å². The van der Waals surface area contributed by atoms with Gasteiger partial charge in [0.15, 0.2) is 0 Å². The van der Waals surface area contributed by atoms with Gasteiger partial charge in [-0.2, -0.15) is 0 Å². The molecule has 4 aromatic rings. The van der Waals surface area contributed by atoms with E-state index in [1.165, 1.54) is 16.3 Å². The number of phenols is 2. The Morgan fingerprint density at radius 2 is 1.04 bits per heavy atom. The minimum Gasteiger partial charge on any atom is -0.508 e. The molecule has 0 fully saturated rings. The first-order chi connectivity index (χ1) is 13.4. The summed E-state index contributed by atoms with van der Waals surface area (Å²) in [6.45, 7) is 6.04. The van der Waals surface area contributed by atoms with Gasteiger partial charge in [0.05, 0.1) is 0 Å². The molecule has 4 aromatic carbocycles. The molecule has 0 bridgehead atoms. The molecule has 0 unspecified atom stereocenters. The Balaban J connectivity index is 2.01. The van der Waals surface area contributed by atoms with Crippen LogP contribution in [0.4, 0.5) is 0 Å². The molecule has 0 radical (unpaired) electrons. The van der Waals surface area contributed by atoms with Crippen molar-refractivity contribution in [1.29, 1.82) is 0 Å². The van der Waals surface area contributed by atoms with Gasteiger partial charge in [0.1, 0.15) is 11.5 Å². The summed E-state index contributed by atoms with van der Waals surface area (Å²) in [6.07, 6.45) is 0. The van der Waals surface area contributed by atoms with Crippen molar-refractivity contribution in [2.75, 3.05) is 0 Å². The number of hydrogen-bond acceptors (Lipinski definition) is 2. The van der Waals surface area contributed by atoms with Crippen molar-refractivity contribution in [3.05, 3.63) is 107 Å². The van der Waals surface area contributed by atoms with E-state index in [9.17, 15) is 10.2 Å². The highest BCUT2D eigenvalue weighted by Crippen LogP contribution is 2.42. The molecule has 2 N–H and O–H groups in total. The van der Waals surface area contributed by atoms with Crippen LogP contribution in [0.2, 0.25) is 0 Å². The molecule has 0 aliphatic carbocycles. The lowest BCUT2D eigenvalue weighted by Gasteiger charge is -2.33. The van der Waals surface area contributed by atoms with Crippen LogP contribution in [-0.2, 0) is 5.41 Å². The number of fused-ring (bicyclic) bond motifs is 1. The molecule has 0 aromatic heterocycles. The van der Waals surface area contributed by atoms with E-state index >= 15 is 0 Å².